The molecule has 2 heterocycles. The van der Waals surface area contributed by atoms with Crippen molar-refractivity contribution in [1.82, 2.24) is 16.0 Å². The number of carbonyl (C=O) groups excluding carboxylic acids is 3. The average molecular weight is 348 g/mol. The number of carbonyl (C=O) groups is 3. The van der Waals surface area contributed by atoms with Gasteiger partial charge < -0.3 is 16.0 Å². The van der Waals surface area contributed by atoms with Crippen LogP contribution in [0.2, 0.25) is 0 Å². The van der Waals surface area contributed by atoms with Crippen LogP contribution in [0.3, 0.4) is 0 Å². The topological polar surface area (TPSA) is 99.3 Å². The number of rotatable bonds is 4. The number of amides is 4. The van der Waals surface area contributed by atoms with Crippen LogP contribution >= 0.6 is 11.8 Å². The average Bonchev–Trinajstić information content (AvgIpc) is 2.82. The van der Waals surface area contributed by atoms with Gasteiger partial charge in [-0.25, -0.2) is 4.79 Å². The number of urea groups is 1. The molecule has 0 aromatic heterocycles. The van der Waals surface area contributed by atoms with Crippen molar-refractivity contribution < 1.29 is 14.4 Å². The number of thioether (sulfide) groups is 1. The van der Waals surface area contributed by atoms with E-state index in [-0.39, 0.29) is 11.9 Å². The van der Waals surface area contributed by atoms with Gasteiger partial charge in [0.1, 0.15) is 5.54 Å². The summed E-state index contributed by atoms with van der Waals surface area (Å²) in [6.07, 6.45) is 0.408. The van der Waals surface area contributed by atoms with Gasteiger partial charge >= 0.3 is 6.03 Å². The molecular weight excluding hydrogens is 328 g/mol. The van der Waals surface area contributed by atoms with Crippen LogP contribution in [0.1, 0.15) is 18.9 Å². The summed E-state index contributed by atoms with van der Waals surface area (Å²) in [6, 6.07) is 6.65. The highest BCUT2D eigenvalue weighted by Gasteiger charge is 2.43. The van der Waals surface area contributed by atoms with Gasteiger partial charge in [0.05, 0.1) is 0 Å². The van der Waals surface area contributed by atoms with Crippen LogP contribution in [0.25, 0.3) is 0 Å². The van der Waals surface area contributed by atoms with Crippen molar-refractivity contribution in [2.24, 2.45) is 0 Å². The van der Waals surface area contributed by atoms with Crippen molar-refractivity contribution in [1.29, 1.82) is 0 Å². The summed E-state index contributed by atoms with van der Waals surface area (Å²) < 4.78 is 0. The van der Waals surface area contributed by atoms with Crippen molar-refractivity contribution in [2.45, 2.75) is 24.9 Å². The Balaban J connectivity index is 1.68. The Hall–Kier alpha value is -2.06. The molecule has 128 valence electrons. The first-order valence-electron chi connectivity index (χ1n) is 7.82. The van der Waals surface area contributed by atoms with Gasteiger partial charge in [-0.2, -0.15) is 11.8 Å². The molecule has 2 aliphatic heterocycles. The lowest BCUT2D eigenvalue weighted by Crippen LogP contribution is -2.40. The fourth-order valence-corrected chi connectivity index (χ4v) is 3.79. The zero-order valence-electron chi connectivity index (χ0n) is 13.3. The molecule has 0 aliphatic carbocycles. The highest BCUT2D eigenvalue weighted by molar-refractivity contribution is 7.99. The predicted octanol–water partition coefficient (Wildman–Crippen LogP) is 0.775. The Labute approximate surface area is 144 Å². The van der Waals surface area contributed by atoms with Crippen molar-refractivity contribution in [2.75, 3.05) is 23.4 Å². The number of hydrogen-bond acceptors (Lipinski definition) is 5. The number of anilines is 1. The molecule has 2 saturated heterocycles. The molecule has 4 amide bonds. The first-order valence-corrected chi connectivity index (χ1v) is 8.98. The van der Waals surface area contributed by atoms with E-state index >= 15 is 0 Å². The van der Waals surface area contributed by atoms with E-state index in [2.05, 4.69) is 21.3 Å². The third-order valence-corrected chi connectivity index (χ3v) is 5.33. The van der Waals surface area contributed by atoms with Crippen molar-refractivity contribution in [3.8, 4) is 0 Å². The molecule has 2 unspecified atom stereocenters. The van der Waals surface area contributed by atoms with Gasteiger partial charge in [-0.15, -0.1) is 0 Å². The second-order valence-electron chi connectivity index (χ2n) is 6.09. The van der Waals surface area contributed by atoms with Gasteiger partial charge in [0, 0.05) is 36.2 Å². The van der Waals surface area contributed by atoms with Crippen LogP contribution in [0.4, 0.5) is 10.5 Å². The molecule has 0 radical (unpaired) electrons. The fraction of sp³-hybridized carbons (Fsp3) is 0.438. The Kier molecular flexibility index (Phi) is 4.77. The largest absolute Gasteiger partial charge is 0.326 e. The predicted molar refractivity (Wildman–Crippen MR) is 92.8 cm³/mol. The van der Waals surface area contributed by atoms with Crippen LogP contribution < -0.4 is 21.3 Å². The second kappa shape index (κ2) is 6.82. The quantitative estimate of drug-likeness (QED) is 0.603. The van der Waals surface area contributed by atoms with Crippen molar-refractivity contribution in [3.05, 3.63) is 29.8 Å². The molecule has 8 heteroatoms. The van der Waals surface area contributed by atoms with Crippen LogP contribution in [-0.4, -0.2) is 41.9 Å². The van der Waals surface area contributed by atoms with Gasteiger partial charge in [-0.3, -0.25) is 14.9 Å². The van der Waals surface area contributed by atoms with E-state index in [9.17, 15) is 14.4 Å². The van der Waals surface area contributed by atoms with Gasteiger partial charge in [0.15, 0.2) is 0 Å². The van der Waals surface area contributed by atoms with E-state index in [1.807, 2.05) is 11.8 Å². The Morgan fingerprint density at radius 1 is 1.42 bits per heavy atom. The standard InChI is InChI=1S/C16H20N4O3S/c1-16(14(22)19-15(23)20-16)10-3-2-4-11(7-10)18-13(21)8-12-9-24-6-5-17-12/h2-4,7,12,17H,5-6,8-9H2,1H3,(H,18,21)(H2,19,20,22,23). The summed E-state index contributed by atoms with van der Waals surface area (Å²) in [4.78, 5) is 35.6. The van der Waals surface area contributed by atoms with Crippen LogP contribution in [-0.2, 0) is 15.1 Å². The third-order valence-electron chi connectivity index (χ3n) is 4.20. The van der Waals surface area contributed by atoms with E-state index in [0.717, 1.165) is 18.1 Å². The lowest BCUT2D eigenvalue weighted by Gasteiger charge is -2.23. The van der Waals surface area contributed by atoms with Crippen LogP contribution in [0.5, 0.6) is 0 Å². The number of imide groups is 1. The van der Waals surface area contributed by atoms with E-state index in [0.29, 0.717) is 17.7 Å². The molecule has 3 rings (SSSR count). The first-order chi connectivity index (χ1) is 11.5. The maximum Gasteiger partial charge on any atom is 0.322 e. The zero-order valence-corrected chi connectivity index (χ0v) is 14.2. The van der Waals surface area contributed by atoms with Crippen LogP contribution in [0.15, 0.2) is 24.3 Å². The van der Waals surface area contributed by atoms with E-state index in [4.69, 9.17) is 0 Å². The minimum atomic E-state index is -1.13. The van der Waals surface area contributed by atoms with Crippen molar-refractivity contribution in [3.63, 3.8) is 0 Å². The molecule has 7 nitrogen and oxygen atoms in total. The monoisotopic (exact) mass is 348 g/mol. The number of benzene rings is 1. The minimum Gasteiger partial charge on any atom is -0.326 e. The Morgan fingerprint density at radius 2 is 2.25 bits per heavy atom. The molecule has 1 aromatic carbocycles. The number of nitrogens with one attached hydrogen (secondary N) is 4. The molecule has 2 atom stereocenters. The maximum absolute atomic E-state index is 12.2. The van der Waals surface area contributed by atoms with E-state index < -0.39 is 17.5 Å². The molecule has 0 saturated carbocycles. The van der Waals surface area contributed by atoms with Gasteiger partial charge in [0.25, 0.3) is 5.91 Å². The highest BCUT2D eigenvalue weighted by atomic mass is 32.2. The molecule has 0 spiro atoms. The molecule has 4 N–H and O–H groups in total. The molecule has 1 aromatic rings. The SMILES string of the molecule is CC1(c2cccc(NC(=O)CC3CSCCN3)c2)NC(=O)NC1=O. The first kappa shape index (κ1) is 16.8. The van der Waals surface area contributed by atoms with E-state index in [1.54, 1.807) is 31.2 Å². The van der Waals surface area contributed by atoms with Crippen LogP contribution in [0, 0.1) is 0 Å². The van der Waals surface area contributed by atoms with E-state index in [1.165, 1.54) is 0 Å². The lowest BCUT2D eigenvalue weighted by atomic mass is 9.92. The lowest BCUT2D eigenvalue weighted by molar-refractivity contribution is -0.123. The Morgan fingerprint density at radius 3 is 2.92 bits per heavy atom. The maximum atomic E-state index is 12.2. The fourth-order valence-electron chi connectivity index (χ4n) is 2.84. The van der Waals surface area contributed by atoms with Gasteiger partial charge in [-0.1, -0.05) is 12.1 Å². The molecular formula is C16H20N4O3S. The smallest absolute Gasteiger partial charge is 0.322 e. The number of hydrogen-bond donors (Lipinski definition) is 4. The third kappa shape index (κ3) is 3.54. The summed E-state index contributed by atoms with van der Waals surface area (Å²) in [5.41, 5.74) is 0.102. The highest BCUT2D eigenvalue weighted by Crippen LogP contribution is 2.26. The van der Waals surface area contributed by atoms with Gasteiger partial charge in [-0.05, 0) is 24.6 Å². The van der Waals surface area contributed by atoms with Crippen molar-refractivity contribution >= 4 is 35.3 Å². The van der Waals surface area contributed by atoms with Gasteiger partial charge in [0.2, 0.25) is 5.91 Å². The molecule has 2 aliphatic rings. The minimum absolute atomic E-state index is 0.0720. The zero-order chi connectivity index (χ0) is 17.2. The summed E-state index contributed by atoms with van der Waals surface area (Å²) in [6.45, 7) is 2.56. The normalized spacial score (nSPS) is 26.6. The second-order valence-corrected chi connectivity index (χ2v) is 7.24. The molecule has 2 fully saturated rings. The summed E-state index contributed by atoms with van der Waals surface area (Å²) in [7, 11) is 0. The summed E-state index contributed by atoms with van der Waals surface area (Å²) >= 11 is 1.84. The summed E-state index contributed by atoms with van der Waals surface area (Å²) in [5, 5.41) is 11.0. The molecule has 0 bridgehead atoms. The molecule has 24 heavy (non-hydrogen) atoms. The Bertz CT molecular complexity index is 675. The summed E-state index contributed by atoms with van der Waals surface area (Å²) in [5.74, 6) is 1.53.